The molecule has 170 valence electrons. The molecule has 32 heavy (non-hydrogen) atoms. The Labute approximate surface area is 188 Å². The lowest BCUT2D eigenvalue weighted by atomic mass is 9.93. The summed E-state index contributed by atoms with van der Waals surface area (Å²) in [4.78, 5) is 27.5. The van der Waals surface area contributed by atoms with E-state index >= 15 is 0 Å². The van der Waals surface area contributed by atoms with Gasteiger partial charge in [-0.3, -0.25) is 9.59 Å². The number of likely N-dealkylation sites (tertiary alicyclic amines) is 1. The van der Waals surface area contributed by atoms with E-state index in [1.807, 2.05) is 20.8 Å². The van der Waals surface area contributed by atoms with E-state index in [0.717, 1.165) is 5.56 Å². The number of carbonyl (C=O) groups is 2. The molecule has 1 fully saturated rings. The molecule has 1 heterocycles. The Bertz CT molecular complexity index is 1060. The van der Waals surface area contributed by atoms with Gasteiger partial charge < -0.3 is 24.2 Å². The fraction of sp³-hybridized carbons (Fsp3) is 0.360. The minimum Gasteiger partial charge on any atom is -0.507 e. The molecule has 2 aromatic carbocycles. The normalized spacial score (nSPS) is 17.5. The predicted molar refractivity (Wildman–Crippen MR) is 121 cm³/mol. The number of hydrogen-bond acceptors (Lipinski definition) is 6. The van der Waals surface area contributed by atoms with E-state index in [4.69, 9.17) is 14.2 Å². The second kappa shape index (κ2) is 9.77. The molecule has 0 aromatic heterocycles. The summed E-state index contributed by atoms with van der Waals surface area (Å²) in [5, 5.41) is 11.2. The van der Waals surface area contributed by atoms with Gasteiger partial charge in [0, 0.05) is 12.1 Å². The SMILES string of the molecule is CCCN1C(=O)C(=O)/C(=C(/O)c2ccc(OC)cc2C)C1c1ccc(OC)c(OCC)c1. The third kappa shape index (κ3) is 4.15. The summed E-state index contributed by atoms with van der Waals surface area (Å²) >= 11 is 0. The average molecular weight is 440 g/mol. The van der Waals surface area contributed by atoms with Crippen molar-refractivity contribution in [2.24, 2.45) is 0 Å². The number of hydrogen-bond donors (Lipinski definition) is 1. The Kier molecular flexibility index (Phi) is 7.08. The molecule has 2 aromatic rings. The van der Waals surface area contributed by atoms with Crippen LogP contribution in [0.3, 0.4) is 0 Å². The van der Waals surface area contributed by atoms with E-state index in [0.29, 0.717) is 47.9 Å². The Morgan fingerprint density at radius 3 is 2.38 bits per heavy atom. The number of methoxy groups -OCH3 is 2. The average Bonchev–Trinajstić information content (AvgIpc) is 3.04. The molecule has 1 amide bonds. The lowest BCUT2D eigenvalue weighted by Crippen LogP contribution is -2.30. The number of ether oxygens (including phenoxy) is 3. The second-order valence-electron chi connectivity index (χ2n) is 7.52. The van der Waals surface area contributed by atoms with Gasteiger partial charge in [-0.1, -0.05) is 13.0 Å². The van der Waals surface area contributed by atoms with Gasteiger partial charge in [-0.25, -0.2) is 0 Å². The molecule has 7 nitrogen and oxygen atoms in total. The number of aryl methyl sites for hydroxylation is 1. The van der Waals surface area contributed by atoms with Crippen LogP contribution < -0.4 is 14.2 Å². The van der Waals surface area contributed by atoms with Crippen LogP contribution in [-0.2, 0) is 9.59 Å². The number of nitrogens with zero attached hydrogens (tertiary/aromatic N) is 1. The quantitative estimate of drug-likeness (QED) is 0.376. The molecule has 1 aliphatic rings. The van der Waals surface area contributed by atoms with E-state index in [2.05, 4.69) is 0 Å². The lowest BCUT2D eigenvalue weighted by Gasteiger charge is -2.25. The molecule has 0 bridgehead atoms. The highest BCUT2D eigenvalue weighted by Gasteiger charge is 2.46. The summed E-state index contributed by atoms with van der Waals surface area (Å²) in [5.74, 6) is 0.159. The van der Waals surface area contributed by atoms with E-state index in [1.54, 1.807) is 50.6 Å². The third-order valence-electron chi connectivity index (χ3n) is 5.50. The number of rotatable bonds is 8. The van der Waals surface area contributed by atoms with Gasteiger partial charge in [-0.05, 0) is 61.7 Å². The minimum absolute atomic E-state index is 0.0596. The standard InChI is InChI=1S/C25H29NO6/c1-6-12-26-22(16-8-11-19(31-5)20(14-16)32-7-2)21(24(28)25(26)29)23(27)18-10-9-17(30-4)13-15(18)3/h8-11,13-14,22,27H,6-7,12H2,1-5H3/b23-21+. The molecule has 0 saturated carbocycles. The largest absolute Gasteiger partial charge is 0.507 e. The molecule has 1 atom stereocenters. The van der Waals surface area contributed by atoms with Crippen molar-refractivity contribution in [1.82, 2.24) is 4.90 Å². The van der Waals surface area contributed by atoms with Crippen molar-refractivity contribution in [1.29, 1.82) is 0 Å². The highest BCUT2D eigenvalue weighted by Crippen LogP contribution is 2.42. The van der Waals surface area contributed by atoms with Gasteiger partial charge in [0.2, 0.25) is 0 Å². The molecule has 7 heteroatoms. The van der Waals surface area contributed by atoms with Crippen LogP contribution in [0.1, 0.15) is 43.0 Å². The summed E-state index contributed by atoms with van der Waals surface area (Å²) < 4.78 is 16.3. The van der Waals surface area contributed by atoms with Crippen molar-refractivity contribution in [2.45, 2.75) is 33.2 Å². The maximum atomic E-state index is 13.1. The van der Waals surface area contributed by atoms with Gasteiger partial charge in [-0.15, -0.1) is 0 Å². The van der Waals surface area contributed by atoms with E-state index in [9.17, 15) is 14.7 Å². The van der Waals surface area contributed by atoms with Crippen LogP contribution in [0.15, 0.2) is 42.0 Å². The van der Waals surface area contributed by atoms with Crippen LogP contribution in [0.25, 0.3) is 5.76 Å². The zero-order valence-corrected chi connectivity index (χ0v) is 19.1. The monoisotopic (exact) mass is 439 g/mol. The topological polar surface area (TPSA) is 85.3 Å². The molecular weight excluding hydrogens is 410 g/mol. The molecule has 3 rings (SSSR count). The summed E-state index contributed by atoms with van der Waals surface area (Å²) in [6, 6.07) is 9.72. The van der Waals surface area contributed by atoms with Crippen LogP contribution in [0.2, 0.25) is 0 Å². The van der Waals surface area contributed by atoms with Gasteiger partial charge in [-0.2, -0.15) is 0 Å². The van der Waals surface area contributed by atoms with Gasteiger partial charge >= 0.3 is 0 Å². The van der Waals surface area contributed by atoms with Gasteiger partial charge in [0.15, 0.2) is 11.5 Å². The van der Waals surface area contributed by atoms with Gasteiger partial charge in [0.25, 0.3) is 11.7 Å². The third-order valence-corrected chi connectivity index (χ3v) is 5.50. The molecule has 1 saturated heterocycles. The summed E-state index contributed by atoms with van der Waals surface area (Å²) in [5.41, 5.74) is 1.93. The lowest BCUT2D eigenvalue weighted by molar-refractivity contribution is -0.139. The van der Waals surface area contributed by atoms with Crippen LogP contribution in [-0.4, -0.2) is 49.1 Å². The van der Waals surface area contributed by atoms with Crippen LogP contribution in [0.4, 0.5) is 0 Å². The molecule has 1 N–H and O–H groups in total. The number of aliphatic hydroxyl groups is 1. The number of aliphatic hydroxyl groups excluding tert-OH is 1. The first kappa shape index (κ1) is 23.2. The highest BCUT2D eigenvalue weighted by atomic mass is 16.5. The molecule has 1 unspecified atom stereocenters. The number of amides is 1. The summed E-state index contributed by atoms with van der Waals surface area (Å²) in [6.45, 7) is 6.42. The first-order valence-electron chi connectivity index (χ1n) is 10.6. The molecular formula is C25H29NO6. The maximum Gasteiger partial charge on any atom is 0.295 e. The number of carbonyl (C=O) groups excluding carboxylic acids is 2. The number of ketones is 1. The fourth-order valence-electron chi connectivity index (χ4n) is 4.00. The van der Waals surface area contributed by atoms with Crippen molar-refractivity contribution in [2.75, 3.05) is 27.4 Å². The Morgan fingerprint density at radius 1 is 1.03 bits per heavy atom. The van der Waals surface area contributed by atoms with E-state index in [-0.39, 0.29) is 11.3 Å². The maximum absolute atomic E-state index is 13.1. The van der Waals surface area contributed by atoms with E-state index < -0.39 is 17.7 Å². The zero-order chi connectivity index (χ0) is 23.4. The van der Waals surface area contributed by atoms with Crippen molar-refractivity contribution < 1.29 is 28.9 Å². The molecule has 0 spiro atoms. The van der Waals surface area contributed by atoms with Crippen molar-refractivity contribution in [3.8, 4) is 17.2 Å². The van der Waals surface area contributed by atoms with E-state index in [1.165, 1.54) is 4.90 Å². The molecule has 1 aliphatic heterocycles. The van der Waals surface area contributed by atoms with Gasteiger partial charge in [0.05, 0.1) is 32.4 Å². The summed E-state index contributed by atoms with van der Waals surface area (Å²) in [6.07, 6.45) is 0.666. The van der Waals surface area contributed by atoms with Crippen molar-refractivity contribution >= 4 is 17.4 Å². The van der Waals surface area contributed by atoms with Gasteiger partial charge in [0.1, 0.15) is 11.5 Å². The first-order chi connectivity index (χ1) is 15.4. The molecule has 0 aliphatic carbocycles. The highest BCUT2D eigenvalue weighted by molar-refractivity contribution is 6.46. The number of Topliss-reactive ketones (excluding diaryl/α,β-unsaturated/α-hetero) is 1. The zero-order valence-electron chi connectivity index (χ0n) is 19.1. The Morgan fingerprint density at radius 2 is 1.78 bits per heavy atom. The minimum atomic E-state index is -0.735. The van der Waals surface area contributed by atoms with Crippen LogP contribution >= 0.6 is 0 Å². The fourth-order valence-corrected chi connectivity index (χ4v) is 4.00. The Hall–Kier alpha value is -3.48. The summed E-state index contributed by atoms with van der Waals surface area (Å²) in [7, 11) is 3.11. The smallest absolute Gasteiger partial charge is 0.295 e. The number of benzene rings is 2. The van der Waals surface area contributed by atoms with Crippen LogP contribution in [0, 0.1) is 6.92 Å². The molecule has 0 radical (unpaired) electrons. The van der Waals surface area contributed by atoms with Crippen molar-refractivity contribution in [3.05, 3.63) is 58.7 Å². The van der Waals surface area contributed by atoms with Crippen molar-refractivity contribution in [3.63, 3.8) is 0 Å². The predicted octanol–water partition coefficient (Wildman–Crippen LogP) is 4.24. The first-order valence-corrected chi connectivity index (χ1v) is 10.6. The Balaban J connectivity index is 2.22. The van der Waals surface area contributed by atoms with Crippen LogP contribution in [0.5, 0.6) is 17.2 Å². The second-order valence-corrected chi connectivity index (χ2v) is 7.52.